The zero-order valence-electron chi connectivity index (χ0n) is 14.9. The fourth-order valence-electron chi connectivity index (χ4n) is 2.89. The fraction of sp³-hybridized carbons (Fsp3) is 0.158. The molecule has 0 atom stereocenters. The van der Waals surface area contributed by atoms with Crippen molar-refractivity contribution in [1.82, 2.24) is 4.98 Å². The number of carbonyl (C=O) groups is 1. The predicted molar refractivity (Wildman–Crippen MR) is 106 cm³/mol. The molecule has 2 aromatic heterocycles. The average Bonchev–Trinajstić information content (AvgIpc) is 3.14. The van der Waals surface area contributed by atoms with Crippen LogP contribution in [0.15, 0.2) is 45.7 Å². The van der Waals surface area contributed by atoms with E-state index in [1.807, 2.05) is 32.0 Å². The largest absolute Gasteiger partial charge is 0.451 e. The number of carbonyl (C=O) groups excluding carboxylic acids is 1. The van der Waals surface area contributed by atoms with Crippen LogP contribution < -0.4 is 5.32 Å². The van der Waals surface area contributed by atoms with E-state index in [1.165, 1.54) is 17.4 Å². The Morgan fingerprint density at radius 2 is 1.93 bits per heavy atom. The molecule has 0 aliphatic carbocycles. The van der Waals surface area contributed by atoms with Crippen molar-refractivity contribution in [2.24, 2.45) is 0 Å². The minimum atomic E-state index is -3.30. The van der Waals surface area contributed by atoms with Crippen LogP contribution >= 0.6 is 11.3 Å². The molecule has 2 heterocycles. The number of fused-ring (bicyclic) bond motifs is 2. The van der Waals surface area contributed by atoms with Gasteiger partial charge in [-0.15, -0.1) is 0 Å². The third kappa shape index (κ3) is 3.22. The van der Waals surface area contributed by atoms with Crippen LogP contribution in [0.5, 0.6) is 0 Å². The van der Waals surface area contributed by atoms with Gasteiger partial charge in [-0.3, -0.25) is 10.1 Å². The lowest BCUT2D eigenvalue weighted by atomic mass is 10.1. The monoisotopic (exact) mass is 400 g/mol. The van der Waals surface area contributed by atoms with Gasteiger partial charge in [0.25, 0.3) is 5.91 Å². The first-order chi connectivity index (χ1) is 12.7. The summed E-state index contributed by atoms with van der Waals surface area (Å²) in [5.74, 6) is -0.143. The third-order valence-electron chi connectivity index (χ3n) is 4.31. The zero-order valence-corrected chi connectivity index (χ0v) is 16.5. The Bertz CT molecular complexity index is 1320. The number of rotatable bonds is 3. The number of aromatic nitrogens is 1. The lowest BCUT2D eigenvalue weighted by Crippen LogP contribution is -2.11. The molecule has 0 aliphatic rings. The second-order valence-electron chi connectivity index (χ2n) is 6.43. The molecule has 0 radical (unpaired) electrons. The summed E-state index contributed by atoms with van der Waals surface area (Å²) in [6.07, 6.45) is 1.16. The molecule has 4 rings (SSSR count). The Balaban J connectivity index is 1.68. The molecule has 4 aromatic rings. The van der Waals surface area contributed by atoms with E-state index in [-0.39, 0.29) is 16.6 Å². The zero-order chi connectivity index (χ0) is 19.3. The molecule has 0 spiro atoms. The molecule has 8 heteroatoms. The molecule has 1 amide bonds. The molecule has 0 saturated carbocycles. The number of nitrogens with one attached hydrogen (secondary N) is 1. The molecule has 0 aliphatic heterocycles. The summed E-state index contributed by atoms with van der Waals surface area (Å²) in [5, 5.41) is 4.04. The lowest BCUT2D eigenvalue weighted by molar-refractivity contribution is 0.0998. The van der Waals surface area contributed by atoms with Crippen LogP contribution in [0, 0.1) is 13.8 Å². The van der Waals surface area contributed by atoms with Gasteiger partial charge in [-0.1, -0.05) is 23.0 Å². The molecule has 1 N–H and O–H groups in total. The number of furan rings is 1. The van der Waals surface area contributed by atoms with E-state index < -0.39 is 9.84 Å². The van der Waals surface area contributed by atoms with Crippen LogP contribution in [-0.2, 0) is 9.84 Å². The minimum Gasteiger partial charge on any atom is -0.451 e. The highest BCUT2D eigenvalue weighted by atomic mass is 32.2. The van der Waals surface area contributed by atoms with E-state index in [0.29, 0.717) is 20.9 Å². The molecule has 6 nitrogen and oxygen atoms in total. The number of thiazole rings is 1. The maximum absolute atomic E-state index is 12.7. The summed E-state index contributed by atoms with van der Waals surface area (Å²) in [7, 11) is -3.30. The second kappa shape index (κ2) is 6.17. The maximum Gasteiger partial charge on any atom is 0.293 e. The highest BCUT2D eigenvalue weighted by Gasteiger charge is 2.19. The predicted octanol–water partition coefficient (Wildman–Crippen LogP) is 4.32. The smallest absolute Gasteiger partial charge is 0.293 e. The van der Waals surface area contributed by atoms with Crippen LogP contribution in [0.4, 0.5) is 5.13 Å². The summed E-state index contributed by atoms with van der Waals surface area (Å²) < 4.78 is 29.8. The van der Waals surface area contributed by atoms with Gasteiger partial charge in [0.1, 0.15) is 5.58 Å². The van der Waals surface area contributed by atoms with Gasteiger partial charge in [0, 0.05) is 17.2 Å². The normalized spacial score (nSPS) is 12.0. The van der Waals surface area contributed by atoms with Crippen LogP contribution in [0.25, 0.3) is 21.2 Å². The molecule has 0 fully saturated rings. The molecule has 0 saturated heterocycles. The Hall–Kier alpha value is -2.71. The van der Waals surface area contributed by atoms with Crippen molar-refractivity contribution in [1.29, 1.82) is 0 Å². The summed E-state index contributed by atoms with van der Waals surface area (Å²) in [6.45, 7) is 3.83. The van der Waals surface area contributed by atoms with E-state index in [0.717, 1.165) is 22.8 Å². The molecule has 0 bridgehead atoms. The number of amides is 1. The van der Waals surface area contributed by atoms with E-state index in [1.54, 1.807) is 12.1 Å². The third-order valence-corrected chi connectivity index (χ3v) is 6.35. The molecule has 138 valence electrons. The van der Waals surface area contributed by atoms with Crippen molar-refractivity contribution in [2.45, 2.75) is 18.7 Å². The summed E-state index contributed by atoms with van der Waals surface area (Å²) in [6, 6.07) is 10.5. The van der Waals surface area contributed by atoms with Crippen LogP contribution in [0.2, 0.25) is 0 Å². The molecular weight excluding hydrogens is 384 g/mol. The standard InChI is InChI=1S/C19H16N2O4S2/c1-10-4-7-15-13(8-10)11(2)17(25-15)18(22)21-19-20-14-6-5-12(27(3,23)24)9-16(14)26-19/h4-9H,1-3H3,(H,20,21,22). The Morgan fingerprint density at radius 1 is 1.15 bits per heavy atom. The quantitative estimate of drug-likeness (QED) is 0.553. The number of hydrogen-bond acceptors (Lipinski definition) is 6. The summed E-state index contributed by atoms with van der Waals surface area (Å²) in [5.41, 5.74) is 3.14. The first kappa shape index (κ1) is 17.7. The number of anilines is 1. The number of hydrogen-bond donors (Lipinski definition) is 1. The van der Waals surface area contributed by atoms with E-state index in [9.17, 15) is 13.2 Å². The van der Waals surface area contributed by atoms with E-state index in [2.05, 4.69) is 10.3 Å². The van der Waals surface area contributed by atoms with Crippen molar-refractivity contribution in [3.8, 4) is 0 Å². The van der Waals surface area contributed by atoms with Gasteiger partial charge in [-0.05, 0) is 44.2 Å². The highest BCUT2D eigenvalue weighted by Crippen LogP contribution is 2.30. The molecule has 2 aromatic carbocycles. The van der Waals surface area contributed by atoms with Gasteiger partial charge >= 0.3 is 0 Å². The first-order valence-corrected chi connectivity index (χ1v) is 10.8. The minimum absolute atomic E-state index is 0.222. The van der Waals surface area contributed by atoms with E-state index >= 15 is 0 Å². The van der Waals surface area contributed by atoms with Crippen molar-refractivity contribution in [3.05, 3.63) is 53.3 Å². The van der Waals surface area contributed by atoms with Crippen LogP contribution in [-0.4, -0.2) is 25.6 Å². The summed E-state index contributed by atoms with van der Waals surface area (Å²) >= 11 is 1.22. The highest BCUT2D eigenvalue weighted by molar-refractivity contribution is 7.90. The Morgan fingerprint density at radius 3 is 2.67 bits per heavy atom. The summed E-state index contributed by atoms with van der Waals surface area (Å²) in [4.78, 5) is 17.2. The number of nitrogens with zero attached hydrogens (tertiary/aromatic N) is 1. The second-order valence-corrected chi connectivity index (χ2v) is 9.48. The van der Waals surface area contributed by atoms with Gasteiger partial charge in [-0.25, -0.2) is 13.4 Å². The van der Waals surface area contributed by atoms with Gasteiger partial charge in [0.15, 0.2) is 20.7 Å². The number of benzene rings is 2. The fourth-order valence-corrected chi connectivity index (χ4v) is 4.52. The van der Waals surface area contributed by atoms with Gasteiger partial charge in [0.05, 0.1) is 15.1 Å². The first-order valence-electron chi connectivity index (χ1n) is 8.14. The Labute approximate surface area is 159 Å². The maximum atomic E-state index is 12.7. The average molecular weight is 400 g/mol. The van der Waals surface area contributed by atoms with Crippen LogP contribution in [0.1, 0.15) is 21.7 Å². The Kier molecular flexibility index (Phi) is 4.05. The molecule has 27 heavy (non-hydrogen) atoms. The topological polar surface area (TPSA) is 89.3 Å². The van der Waals surface area contributed by atoms with Crippen LogP contribution in [0.3, 0.4) is 0 Å². The van der Waals surface area contributed by atoms with Gasteiger partial charge < -0.3 is 4.42 Å². The number of aryl methyl sites for hydroxylation is 2. The van der Waals surface area contributed by atoms with Crippen molar-refractivity contribution in [3.63, 3.8) is 0 Å². The van der Waals surface area contributed by atoms with Gasteiger partial charge in [-0.2, -0.15) is 0 Å². The SMILES string of the molecule is Cc1ccc2oc(C(=O)Nc3nc4ccc(S(C)(=O)=O)cc4s3)c(C)c2c1. The van der Waals surface area contributed by atoms with Crippen molar-refractivity contribution < 1.29 is 17.6 Å². The molecular formula is C19H16N2O4S2. The number of sulfone groups is 1. The molecule has 0 unspecified atom stereocenters. The van der Waals surface area contributed by atoms with E-state index in [4.69, 9.17) is 4.42 Å². The van der Waals surface area contributed by atoms with Crippen molar-refractivity contribution >= 4 is 53.4 Å². The lowest BCUT2D eigenvalue weighted by Gasteiger charge is -1.98. The van der Waals surface area contributed by atoms with Gasteiger partial charge in [0.2, 0.25) is 0 Å². The van der Waals surface area contributed by atoms with Crippen molar-refractivity contribution in [2.75, 3.05) is 11.6 Å².